The molecule has 7 nitrogen and oxygen atoms in total. The molecule has 0 bridgehead atoms. The largest absolute Gasteiger partial charge is 0.495 e. The van der Waals surface area contributed by atoms with Crippen molar-refractivity contribution < 1.29 is 19.1 Å². The number of carbonyl (C=O) groups is 2. The van der Waals surface area contributed by atoms with Gasteiger partial charge in [0.25, 0.3) is 0 Å². The molecule has 1 aromatic rings. The maximum atomic E-state index is 12.2. The third-order valence-electron chi connectivity index (χ3n) is 4.26. The number of esters is 1. The van der Waals surface area contributed by atoms with Gasteiger partial charge in [-0.2, -0.15) is 0 Å². The van der Waals surface area contributed by atoms with Gasteiger partial charge in [-0.1, -0.05) is 6.07 Å². The molecule has 2 amide bonds. The number of benzene rings is 1. The molecular weight excluding hydrogens is 393 g/mol. The van der Waals surface area contributed by atoms with Crippen molar-refractivity contribution in [3.05, 3.63) is 35.0 Å². The Morgan fingerprint density at radius 1 is 1.22 bits per heavy atom. The molecule has 0 aromatic heterocycles. The number of halogens is 2. The minimum atomic E-state index is -0.649. The van der Waals surface area contributed by atoms with Crippen LogP contribution in [-0.4, -0.2) is 51.1 Å². The number of nitrogens with one attached hydrogen (secondary N) is 2. The Bertz CT molecular complexity index is 733. The average Bonchev–Trinajstić information content (AvgIpc) is 2.66. The van der Waals surface area contributed by atoms with Crippen molar-refractivity contribution >= 4 is 40.9 Å². The molecule has 9 heteroatoms. The third-order valence-corrected chi connectivity index (χ3v) is 4.60. The summed E-state index contributed by atoms with van der Waals surface area (Å²) in [6.07, 6.45) is 0. The Morgan fingerprint density at radius 2 is 1.89 bits per heavy atom. The number of alkyl halides is 2. The lowest BCUT2D eigenvalue weighted by atomic mass is 9.95. The molecule has 2 rings (SSSR count). The lowest BCUT2D eigenvalue weighted by molar-refractivity contribution is -0.136. The lowest BCUT2D eigenvalue weighted by Gasteiger charge is -2.29. The van der Waals surface area contributed by atoms with E-state index in [0.29, 0.717) is 47.4 Å². The summed E-state index contributed by atoms with van der Waals surface area (Å²) < 4.78 is 10.4. The van der Waals surface area contributed by atoms with Crippen molar-refractivity contribution in [2.24, 2.45) is 0 Å². The first-order valence-corrected chi connectivity index (χ1v) is 9.45. The predicted molar refractivity (Wildman–Crippen MR) is 106 cm³/mol. The number of anilines is 1. The summed E-state index contributed by atoms with van der Waals surface area (Å²) in [5, 5.41) is 5.35. The van der Waals surface area contributed by atoms with Crippen molar-refractivity contribution in [3.8, 4) is 5.75 Å². The number of amides is 2. The number of hydrogen-bond donors (Lipinski definition) is 2. The van der Waals surface area contributed by atoms with Gasteiger partial charge in [-0.3, -0.25) is 0 Å². The topological polar surface area (TPSA) is 79.9 Å². The van der Waals surface area contributed by atoms with Gasteiger partial charge in [0.05, 0.1) is 31.5 Å². The van der Waals surface area contributed by atoms with Crippen LogP contribution in [0.25, 0.3) is 0 Å². The molecular formula is C18H23Cl2N3O4. The van der Waals surface area contributed by atoms with E-state index in [1.54, 1.807) is 20.1 Å². The smallest absolute Gasteiger partial charge is 0.337 e. The quantitative estimate of drug-likeness (QED) is 0.503. The highest BCUT2D eigenvalue weighted by Gasteiger charge is 2.32. The molecule has 0 aliphatic carbocycles. The molecule has 148 valence electrons. The first kappa shape index (κ1) is 21.2. The van der Waals surface area contributed by atoms with E-state index in [4.69, 9.17) is 32.7 Å². The summed E-state index contributed by atoms with van der Waals surface area (Å²) in [6.45, 7) is 2.88. The molecule has 0 unspecified atom stereocenters. The SMILES string of the molecule is COC(=O)C1=C(C)NC(=O)N[C@H]1c1ccc(N(CCCl)CCCl)c(OC)c1. The van der Waals surface area contributed by atoms with Gasteiger partial charge in [-0.15, -0.1) is 23.2 Å². The fraction of sp³-hybridized carbons (Fsp3) is 0.444. The molecule has 1 aromatic carbocycles. The predicted octanol–water partition coefficient (Wildman–Crippen LogP) is 2.78. The third kappa shape index (κ3) is 4.78. The minimum Gasteiger partial charge on any atom is -0.495 e. The second kappa shape index (κ2) is 9.71. The summed E-state index contributed by atoms with van der Waals surface area (Å²) >= 11 is 11.8. The van der Waals surface area contributed by atoms with Crippen molar-refractivity contribution in [1.82, 2.24) is 10.6 Å². The zero-order valence-electron chi connectivity index (χ0n) is 15.5. The van der Waals surface area contributed by atoms with Crippen LogP contribution in [0.4, 0.5) is 10.5 Å². The summed E-state index contributed by atoms with van der Waals surface area (Å²) in [6, 6.07) is 4.45. The van der Waals surface area contributed by atoms with Crippen LogP contribution in [0.2, 0.25) is 0 Å². The Balaban J connectivity index is 2.47. The van der Waals surface area contributed by atoms with Gasteiger partial charge in [0, 0.05) is 30.5 Å². The number of rotatable bonds is 8. The van der Waals surface area contributed by atoms with Crippen LogP contribution < -0.4 is 20.3 Å². The van der Waals surface area contributed by atoms with Crippen LogP contribution in [0.5, 0.6) is 5.75 Å². The fourth-order valence-corrected chi connectivity index (χ4v) is 3.42. The van der Waals surface area contributed by atoms with Gasteiger partial charge in [-0.25, -0.2) is 9.59 Å². The normalized spacial score (nSPS) is 16.5. The molecule has 1 aliphatic heterocycles. The van der Waals surface area contributed by atoms with E-state index < -0.39 is 12.0 Å². The summed E-state index contributed by atoms with van der Waals surface area (Å²) in [5.41, 5.74) is 2.32. The Kier molecular flexibility index (Phi) is 7.62. The number of hydrogen-bond acceptors (Lipinski definition) is 5. The van der Waals surface area contributed by atoms with Crippen LogP contribution in [0.1, 0.15) is 18.5 Å². The van der Waals surface area contributed by atoms with E-state index in [1.807, 2.05) is 17.0 Å². The number of carbonyl (C=O) groups excluding carboxylic acids is 2. The van der Waals surface area contributed by atoms with Crippen LogP contribution in [-0.2, 0) is 9.53 Å². The summed E-state index contributed by atoms with van der Waals surface area (Å²) in [4.78, 5) is 26.2. The Labute approximate surface area is 168 Å². The van der Waals surface area contributed by atoms with E-state index in [1.165, 1.54) is 7.11 Å². The number of urea groups is 1. The summed E-state index contributed by atoms with van der Waals surface area (Å²) in [5.74, 6) is 0.970. The number of ether oxygens (including phenoxy) is 2. The molecule has 0 saturated heterocycles. The van der Waals surface area contributed by atoms with Crippen LogP contribution >= 0.6 is 23.2 Å². The zero-order chi connectivity index (χ0) is 20.0. The van der Waals surface area contributed by atoms with Crippen LogP contribution in [0, 0.1) is 0 Å². The number of allylic oxidation sites excluding steroid dienone is 1. The van der Waals surface area contributed by atoms with Crippen molar-refractivity contribution in [2.75, 3.05) is 44.0 Å². The highest BCUT2D eigenvalue weighted by atomic mass is 35.5. The maximum Gasteiger partial charge on any atom is 0.337 e. The number of nitrogens with zero attached hydrogens (tertiary/aromatic N) is 1. The van der Waals surface area contributed by atoms with Crippen molar-refractivity contribution in [2.45, 2.75) is 13.0 Å². The highest BCUT2D eigenvalue weighted by molar-refractivity contribution is 6.18. The van der Waals surface area contributed by atoms with Crippen molar-refractivity contribution in [3.63, 3.8) is 0 Å². The molecule has 2 N–H and O–H groups in total. The Hall–Kier alpha value is -2.12. The molecule has 0 spiro atoms. The van der Waals surface area contributed by atoms with E-state index in [2.05, 4.69) is 10.6 Å². The summed E-state index contributed by atoms with van der Waals surface area (Å²) in [7, 11) is 2.86. The van der Waals surface area contributed by atoms with Gasteiger partial charge >= 0.3 is 12.0 Å². The molecule has 1 heterocycles. The second-order valence-corrected chi connectivity index (χ2v) is 6.61. The van der Waals surface area contributed by atoms with Gasteiger partial charge < -0.3 is 25.0 Å². The average molecular weight is 416 g/mol. The minimum absolute atomic E-state index is 0.338. The van der Waals surface area contributed by atoms with Crippen molar-refractivity contribution in [1.29, 1.82) is 0 Å². The van der Waals surface area contributed by atoms with E-state index in [0.717, 1.165) is 5.69 Å². The van der Waals surface area contributed by atoms with Gasteiger partial charge in [0.2, 0.25) is 0 Å². The highest BCUT2D eigenvalue weighted by Crippen LogP contribution is 2.35. The monoisotopic (exact) mass is 415 g/mol. The molecule has 0 fully saturated rings. The van der Waals surface area contributed by atoms with Gasteiger partial charge in [0.1, 0.15) is 5.75 Å². The van der Waals surface area contributed by atoms with Crippen LogP contribution in [0.3, 0.4) is 0 Å². The first-order chi connectivity index (χ1) is 13.0. The number of methoxy groups -OCH3 is 2. The molecule has 0 saturated carbocycles. The second-order valence-electron chi connectivity index (χ2n) is 5.86. The lowest BCUT2D eigenvalue weighted by Crippen LogP contribution is -2.45. The van der Waals surface area contributed by atoms with Crippen LogP contribution in [0.15, 0.2) is 29.5 Å². The fourth-order valence-electron chi connectivity index (χ4n) is 3.02. The standard InChI is InChI=1S/C18H23Cl2N3O4/c1-11-15(17(24)27-3)16(22-18(25)21-11)12-4-5-13(14(10-12)26-2)23(8-6-19)9-7-20/h4-5,10,16H,6-9H2,1-3H3,(H2,21,22,25)/t16-/m0/s1. The molecule has 1 aliphatic rings. The van der Waals surface area contributed by atoms with E-state index in [-0.39, 0.29) is 6.03 Å². The van der Waals surface area contributed by atoms with Gasteiger partial charge in [0.15, 0.2) is 0 Å². The maximum absolute atomic E-state index is 12.2. The van der Waals surface area contributed by atoms with E-state index >= 15 is 0 Å². The Morgan fingerprint density at radius 3 is 2.44 bits per heavy atom. The van der Waals surface area contributed by atoms with E-state index in [9.17, 15) is 9.59 Å². The molecule has 27 heavy (non-hydrogen) atoms. The molecule has 0 radical (unpaired) electrons. The molecule has 1 atom stereocenters. The van der Waals surface area contributed by atoms with Gasteiger partial charge in [-0.05, 0) is 24.6 Å². The first-order valence-electron chi connectivity index (χ1n) is 8.38. The zero-order valence-corrected chi connectivity index (χ0v) is 17.0.